The van der Waals surface area contributed by atoms with Crippen molar-refractivity contribution in [2.24, 2.45) is 0 Å². The summed E-state index contributed by atoms with van der Waals surface area (Å²) in [5, 5.41) is 25.7. The van der Waals surface area contributed by atoms with Crippen molar-refractivity contribution in [3.05, 3.63) is 48.5 Å². The third kappa shape index (κ3) is 7.36. The van der Waals surface area contributed by atoms with Crippen LogP contribution in [0.3, 0.4) is 0 Å². The van der Waals surface area contributed by atoms with E-state index in [0.717, 1.165) is 0 Å². The van der Waals surface area contributed by atoms with Crippen LogP contribution in [0.4, 0.5) is 21.9 Å². The highest BCUT2D eigenvalue weighted by Crippen LogP contribution is 2.21. The van der Waals surface area contributed by atoms with Gasteiger partial charge < -0.3 is 20.8 Å². The van der Waals surface area contributed by atoms with Crippen LogP contribution < -0.4 is 16.0 Å². The molecular weight excluding hydrogens is 362 g/mol. The molecule has 0 aliphatic heterocycles. The fraction of sp³-hybridized carbons (Fsp3) is 0.250. The highest BCUT2D eigenvalue weighted by atomic mass is 16.4. The van der Waals surface area contributed by atoms with Crippen LogP contribution in [-0.4, -0.2) is 28.1 Å². The molecule has 2 rings (SSSR count). The Morgan fingerprint density at radius 2 is 1.25 bits per heavy atom. The van der Waals surface area contributed by atoms with E-state index in [0.29, 0.717) is 42.7 Å². The lowest BCUT2D eigenvalue weighted by molar-refractivity contribution is -0.116. The number of carbonyl (C=O) groups excluding carboxylic acids is 2. The molecule has 0 atom stereocenters. The predicted octanol–water partition coefficient (Wildman–Crippen LogP) is 4.01. The summed E-state index contributed by atoms with van der Waals surface area (Å²) in [6.45, 7) is 0. The Labute approximate surface area is 162 Å². The molecular formula is C20H23N3O5. The zero-order valence-electron chi connectivity index (χ0n) is 15.3. The molecule has 0 aliphatic carbocycles. The lowest BCUT2D eigenvalue weighted by atomic mass is 10.1. The molecule has 8 nitrogen and oxygen atoms in total. The summed E-state index contributed by atoms with van der Waals surface area (Å²) in [6, 6.07) is 12.8. The number of para-hydroxylation sites is 2. The molecule has 148 valence electrons. The van der Waals surface area contributed by atoms with E-state index in [9.17, 15) is 19.5 Å². The van der Waals surface area contributed by atoms with Gasteiger partial charge in [-0.3, -0.25) is 14.9 Å². The summed E-state index contributed by atoms with van der Waals surface area (Å²) >= 11 is 0. The fourth-order valence-corrected chi connectivity index (χ4v) is 2.55. The maximum Gasteiger partial charge on any atom is 0.409 e. The highest BCUT2D eigenvalue weighted by Gasteiger charge is 2.09. The van der Waals surface area contributed by atoms with Gasteiger partial charge in [0.05, 0.1) is 11.4 Å². The van der Waals surface area contributed by atoms with E-state index in [4.69, 9.17) is 5.11 Å². The number of hydrogen-bond acceptors (Lipinski definition) is 4. The van der Waals surface area contributed by atoms with E-state index in [1.807, 2.05) is 0 Å². The van der Waals surface area contributed by atoms with Crippen molar-refractivity contribution < 1.29 is 24.6 Å². The Balaban J connectivity index is 1.65. The molecule has 3 amide bonds. The summed E-state index contributed by atoms with van der Waals surface area (Å²) in [7, 11) is 0. The van der Waals surface area contributed by atoms with Crippen molar-refractivity contribution in [2.45, 2.75) is 32.1 Å². The van der Waals surface area contributed by atoms with Crippen LogP contribution in [0.1, 0.15) is 32.1 Å². The number of benzene rings is 2. The van der Waals surface area contributed by atoms with Gasteiger partial charge in [-0.25, -0.2) is 4.79 Å². The van der Waals surface area contributed by atoms with Gasteiger partial charge in [0.1, 0.15) is 5.75 Å². The number of hydrogen-bond donors (Lipinski definition) is 5. The minimum atomic E-state index is -1.20. The second-order valence-electron chi connectivity index (χ2n) is 6.18. The standard InChI is InChI=1S/C20H23N3O5/c24-15-12-10-14(11-13-15)21-18(25)8-2-1-3-9-19(26)22-16-6-4-5-7-17(16)23-20(27)28/h4-7,10-13,23-24H,1-3,8-9H2,(H,21,25)(H,22,26)(H,27,28). The van der Waals surface area contributed by atoms with Gasteiger partial charge in [0, 0.05) is 18.5 Å². The first kappa shape index (κ1) is 20.8. The molecule has 0 spiro atoms. The first-order chi connectivity index (χ1) is 13.4. The lowest BCUT2D eigenvalue weighted by Crippen LogP contribution is -2.15. The minimum absolute atomic E-state index is 0.121. The Bertz CT molecular complexity index is 821. The largest absolute Gasteiger partial charge is 0.508 e. The molecule has 0 radical (unpaired) electrons. The quantitative estimate of drug-likeness (QED) is 0.329. The van der Waals surface area contributed by atoms with Crippen LogP contribution in [0.25, 0.3) is 0 Å². The molecule has 8 heteroatoms. The number of carbonyl (C=O) groups is 3. The van der Waals surface area contributed by atoms with Gasteiger partial charge in [0.25, 0.3) is 0 Å². The number of nitrogens with one attached hydrogen (secondary N) is 3. The van der Waals surface area contributed by atoms with Gasteiger partial charge in [-0.1, -0.05) is 18.6 Å². The van der Waals surface area contributed by atoms with Crippen LogP contribution in [0.15, 0.2) is 48.5 Å². The molecule has 2 aromatic carbocycles. The highest BCUT2D eigenvalue weighted by molar-refractivity contribution is 5.97. The summed E-state index contributed by atoms with van der Waals surface area (Å²) < 4.78 is 0. The van der Waals surface area contributed by atoms with Gasteiger partial charge in [-0.2, -0.15) is 0 Å². The maximum absolute atomic E-state index is 12.0. The minimum Gasteiger partial charge on any atom is -0.508 e. The van der Waals surface area contributed by atoms with E-state index in [1.54, 1.807) is 36.4 Å². The predicted molar refractivity (Wildman–Crippen MR) is 107 cm³/mol. The van der Waals surface area contributed by atoms with Crippen LogP contribution in [-0.2, 0) is 9.59 Å². The van der Waals surface area contributed by atoms with Crippen LogP contribution in [0, 0.1) is 0 Å². The zero-order chi connectivity index (χ0) is 20.4. The molecule has 0 fully saturated rings. The van der Waals surface area contributed by atoms with Gasteiger partial charge in [-0.15, -0.1) is 0 Å². The Kier molecular flexibility index (Phi) is 7.83. The Morgan fingerprint density at radius 1 is 0.714 bits per heavy atom. The molecule has 0 aliphatic rings. The Morgan fingerprint density at radius 3 is 1.82 bits per heavy atom. The summed E-state index contributed by atoms with van der Waals surface area (Å²) in [5.74, 6) is -0.199. The van der Waals surface area contributed by atoms with Crippen molar-refractivity contribution in [1.29, 1.82) is 0 Å². The number of carboxylic acid groups (broad SMARTS) is 1. The van der Waals surface area contributed by atoms with Crippen molar-refractivity contribution in [3.63, 3.8) is 0 Å². The average Bonchev–Trinajstić information content (AvgIpc) is 2.64. The summed E-state index contributed by atoms with van der Waals surface area (Å²) in [5.41, 5.74) is 1.34. The number of aromatic hydroxyl groups is 1. The number of phenolic OH excluding ortho intramolecular Hbond substituents is 1. The van der Waals surface area contributed by atoms with Gasteiger partial charge in [0.2, 0.25) is 11.8 Å². The number of anilines is 3. The van der Waals surface area contributed by atoms with Crippen molar-refractivity contribution >= 4 is 35.0 Å². The van der Waals surface area contributed by atoms with Crippen LogP contribution in [0.5, 0.6) is 5.75 Å². The molecule has 0 bridgehead atoms. The molecule has 28 heavy (non-hydrogen) atoms. The third-order valence-corrected chi connectivity index (χ3v) is 3.90. The van der Waals surface area contributed by atoms with E-state index in [-0.39, 0.29) is 24.0 Å². The maximum atomic E-state index is 12.0. The van der Waals surface area contributed by atoms with E-state index in [1.165, 1.54) is 12.1 Å². The fourth-order valence-electron chi connectivity index (χ4n) is 2.55. The van der Waals surface area contributed by atoms with Gasteiger partial charge in [-0.05, 0) is 49.2 Å². The summed E-state index contributed by atoms with van der Waals surface area (Å²) in [4.78, 5) is 34.7. The van der Waals surface area contributed by atoms with Crippen molar-refractivity contribution in [2.75, 3.05) is 16.0 Å². The Hall–Kier alpha value is -3.55. The zero-order valence-corrected chi connectivity index (χ0v) is 15.3. The summed E-state index contributed by atoms with van der Waals surface area (Å²) in [6.07, 6.45) is 1.40. The SMILES string of the molecule is O=C(O)Nc1ccccc1NC(=O)CCCCCC(=O)Nc1ccc(O)cc1. The molecule has 0 saturated carbocycles. The molecule has 2 aromatic rings. The first-order valence-corrected chi connectivity index (χ1v) is 8.92. The second kappa shape index (κ2) is 10.6. The third-order valence-electron chi connectivity index (χ3n) is 3.90. The topological polar surface area (TPSA) is 128 Å². The lowest BCUT2D eigenvalue weighted by Gasteiger charge is -2.10. The smallest absolute Gasteiger partial charge is 0.409 e. The number of rotatable bonds is 9. The first-order valence-electron chi connectivity index (χ1n) is 8.92. The number of unbranched alkanes of at least 4 members (excludes halogenated alkanes) is 2. The normalized spacial score (nSPS) is 10.1. The molecule has 0 unspecified atom stereocenters. The molecule has 0 aromatic heterocycles. The van der Waals surface area contributed by atoms with Gasteiger partial charge in [0.15, 0.2) is 0 Å². The van der Waals surface area contributed by atoms with E-state index < -0.39 is 6.09 Å². The number of phenols is 1. The van der Waals surface area contributed by atoms with Crippen LogP contribution in [0.2, 0.25) is 0 Å². The monoisotopic (exact) mass is 385 g/mol. The average molecular weight is 385 g/mol. The second-order valence-corrected chi connectivity index (χ2v) is 6.18. The van der Waals surface area contributed by atoms with E-state index >= 15 is 0 Å². The van der Waals surface area contributed by atoms with Gasteiger partial charge >= 0.3 is 6.09 Å². The van der Waals surface area contributed by atoms with Crippen LogP contribution >= 0.6 is 0 Å². The van der Waals surface area contributed by atoms with Crippen molar-refractivity contribution in [3.8, 4) is 5.75 Å². The molecule has 0 saturated heterocycles. The van der Waals surface area contributed by atoms with Crippen molar-refractivity contribution in [1.82, 2.24) is 0 Å². The number of amides is 3. The molecule has 0 heterocycles. The van der Waals surface area contributed by atoms with E-state index in [2.05, 4.69) is 16.0 Å². The molecule has 5 N–H and O–H groups in total.